The normalized spacial score (nSPS) is 19.9. The van der Waals surface area contributed by atoms with Gasteiger partial charge in [0.25, 0.3) is 0 Å². The summed E-state index contributed by atoms with van der Waals surface area (Å²) < 4.78 is 5.11. The third kappa shape index (κ3) is 3.33. The quantitative estimate of drug-likeness (QED) is 0.810. The van der Waals surface area contributed by atoms with Crippen LogP contribution in [-0.4, -0.2) is 33.2 Å². The van der Waals surface area contributed by atoms with Crippen LogP contribution in [0.25, 0.3) is 0 Å². The molecule has 1 amide bonds. The van der Waals surface area contributed by atoms with Gasteiger partial charge in [-0.15, -0.1) is 0 Å². The first-order valence-corrected chi connectivity index (χ1v) is 6.42. The van der Waals surface area contributed by atoms with E-state index in [9.17, 15) is 9.59 Å². The summed E-state index contributed by atoms with van der Waals surface area (Å²) >= 11 is 1.29. The van der Waals surface area contributed by atoms with Crippen molar-refractivity contribution in [3.8, 4) is 0 Å². The van der Waals surface area contributed by atoms with Crippen molar-refractivity contribution in [3.63, 3.8) is 0 Å². The van der Waals surface area contributed by atoms with Crippen LogP contribution in [0.5, 0.6) is 0 Å². The largest absolute Gasteiger partial charge is 0.447 e. The lowest BCUT2D eigenvalue weighted by molar-refractivity contribution is -0.128. The van der Waals surface area contributed by atoms with Crippen LogP contribution in [0.2, 0.25) is 0 Å². The number of amides is 1. The maximum absolute atomic E-state index is 11.7. The number of hydrogen-bond acceptors (Lipinski definition) is 5. The molecule has 1 aliphatic rings. The molecular formula is C11H14N2O3S. The van der Waals surface area contributed by atoms with Crippen molar-refractivity contribution in [3.05, 3.63) is 18.4 Å². The second kappa shape index (κ2) is 5.35. The molecule has 5 nitrogen and oxygen atoms in total. The monoisotopic (exact) mass is 254 g/mol. The molecule has 2 rings (SSSR count). The number of likely N-dealkylation sites (tertiary alicyclic amines) is 1. The molecule has 17 heavy (non-hydrogen) atoms. The Morgan fingerprint density at radius 3 is 3.18 bits per heavy atom. The van der Waals surface area contributed by atoms with Gasteiger partial charge in [0, 0.05) is 25.6 Å². The van der Waals surface area contributed by atoms with Gasteiger partial charge >= 0.3 is 0 Å². The minimum atomic E-state index is 0.103. The van der Waals surface area contributed by atoms with E-state index in [1.54, 1.807) is 18.0 Å². The average molecular weight is 254 g/mol. The Labute approximate surface area is 104 Å². The van der Waals surface area contributed by atoms with Crippen molar-refractivity contribution in [1.29, 1.82) is 0 Å². The Morgan fingerprint density at radius 2 is 2.53 bits per heavy atom. The third-order valence-electron chi connectivity index (χ3n) is 2.65. The molecule has 1 aromatic heterocycles. The number of hydrogen-bond donors (Lipinski definition) is 0. The number of carbonyl (C=O) groups is 2. The van der Waals surface area contributed by atoms with E-state index >= 15 is 0 Å². The van der Waals surface area contributed by atoms with Crippen LogP contribution in [0.15, 0.2) is 17.0 Å². The standard InChI is InChI=1S/C11H14N2O3S/c1-8(14)17-6-9-2-11(15)13(4-9)5-10-3-12-7-16-10/h3,7,9H,2,4-6H2,1H3. The van der Waals surface area contributed by atoms with Crippen molar-refractivity contribution in [2.24, 2.45) is 5.92 Å². The first kappa shape index (κ1) is 12.2. The van der Waals surface area contributed by atoms with E-state index in [1.165, 1.54) is 18.2 Å². The summed E-state index contributed by atoms with van der Waals surface area (Å²) in [6, 6.07) is 0. The smallest absolute Gasteiger partial charge is 0.223 e. The predicted molar refractivity (Wildman–Crippen MR) is 63.2 cm³/mol. The van der Waals surface area contributed by atoms with Crippen molar-refractivity contribution >= 4 is 22.8 Å². The molecule has 1 aliphatic heterocycles. The van der Waals surface area contributed by atoms with Crippen LogP contribution >= 0.6 is 11.8 Å². The molecule has 0 radical (unpaired) electrons. The fourth-order valence-electron chi connectivity index (χ4n) is 1.86. The van der Waals surface area contributed by atoms with Crippen LogP contribution in [0.1, 0.15) is 19.1 Å². The minimum Gasteiger partial charge on any atom is -0.447 e. The Balaban J connectivity index is 1.85. The molecule has 1 saturated heterocycles. The van der Waals surface area contributed by atoms with Gasteiger partial charge in [0.2, 0.25) is 5.91 Å². The van der Waals surface area contributed by atoms with Gasteiger partial charge < -0.3 is 9.32 Å². The molecule has 1 aromatic rings. The van der Waals surface area contributed by atoms with Crippen LogP contribution < -0.4 is 0 Å². The highest BCUT2D eigenvalue weighted by molar-refractivity contribution is 8.13. The zero-order valence-corrected chi connectivity index (χ0v) is 10.4. The summed E-state index contributed by atoms with van der Waals surface area (Å²) in [6.45, 7) is 2.72. The van der Waals surface area contributed by atoms with Gasteiger partial charge in [-0.25, -0.2) is 4.98 Å². The number of rotatable bonds is 4. The molecule has 6 heteroatoms. The number of thioether (sulfide) groups is 1. The lowest BCUT2D eigenvalue weighted by atomic mass is 10.1. The third-order valence-corrected chi connectivity index (χ3v) is 3.69. The molecule has 1 atom stereocenters. The fraction of sp³-hybridized carbons (Fsp3) is 0.545. The van der Waals surface area contributed by atoms with E-state index in [0.29, 0.717) is 31.0 Å². The Hall–Kier alpha value is -1.30. The van der Waals surface area contributed by atoms with Crippen LogP contribution in [0, 0.1) is 5.92 Å². The van der Waals surface area contributed by atoms with Gasteiger partial charge in [-0.3, -0.25) is 9.59 Å². The highest BCUT2D eigenvalue weighted by Gasteiger charge is 2.30. The van der Waals surface area contributed by atoms with E-state index in [-0.39, 0.29) is 16.9 Å². The zero-order valence-electron chi connectivity index (χ0n) is 9.59. The molecule has 0 aliphatic carbocycles. The average Bonchev–Trinajstić information content (AvgIpc) is 2.87. The molecule has 92 valence electrons. The Bertz CT molecular complexity index is 405. The Kier molecular flexibility index (Phi) is 3.83. The second-order valence-corrected chi connectivity index (χ2v) is 5.31. The predicted octanol–water partition coefficient (Wildman–Crippen LogP) is 1.30. The van der Waals surface area contributed by atoms with Gasteiger partial charge in [0.15, 0.2) is 11.5 Å². The van der Waals surface area contributed by atoms with E-state index in [2.05, 4.69) is 4.98 Å². The van der Waals surface area contributed by atoms with E-state index in [4.69, 9.17) is 4.42 Å². The fourth-order valence-corrected chi connectivity index (χ4v) is 2.56. The number of nitrogens with zero attached hydrogens (tertiary/aromatic N) is 2. The zero-order chi connectivity index (χ0) is 12.3. The van der Waals surface area contributed by atoms with Crippen molar-refractivity contribution < 1.29 is 14.0 Å². The van der Waals surface area contributed by atoms with E-state index < -0.39 is 0 Å². The molecular weight excluding hydrogens is 240 g/mol. The van der Waals surface area contributed by atoms with Gasteiger partial charge in [-0.1, -0.05) is 11.8 Å². The summed E-state index contributed by atoms with van der Waals surface area (Å²) in [5.74, 6) is 1.79. The molecule has 0 bridgehead atoms. The Morgan fingerprint density at radius 1 is 1.71 bits per heavy atom. The number of oxazole rings is 1. The highest BCUT2D eigenvalue weighted by atomic mass is 32.2. The molecule has 2 heterocycles. The summed E-state index contributed by atoms with van der Waals surface area (Å²) in [5, 5.41) is 0.103. The molecule has 0 aromatic carbocycles. The van der Waals surface area contributed by atoms with Crippen LogP contribution in [0.3, 0.4) is 0 Å². The number of carbonyl (C=O) groups excluding carboxylic acids is 2. The summed E-state index contributed by atoms with van der Waals surface area (Å²) in [4.78, 5) is 28.2. The maximum Gasteiger partial charge on any atom is 0.223 e. The second-order valence-electron chi connectivity index (χ2n) is 4.11. The molecule has 1 unspecified atom stereocenters. The first-order valence-electron chi connectivity index (χ1n) is 5.43. The lowest BCUT2D eigenvalue weighted by Gasteiger charge is -2.14. The van der Waals surface area contributed by atoms with Crippen LogP contribution in [-0.2, 0) is 16.1 Å². The topological polar surface area (TPSA) is 63.4 Å². The highest BCUT2D eigenvalue weighted by Crippen LogP contribution is 2.23. The number of aromatic nitrogens is 1. The molecule has 0 saturated carbocycles. The molecule has 0 spiro atoms. The van der Waals surface area contributed by atoms with Crippen molar-refractivity contribution in [2.45, 2.75) is 19.9 Å². The molecule has 1 fully saturated rings. The summed E-state index contributed by atoms with van der Waals surface area (Å²) in [6.07, 6.45) is 3.50. The SMILES string of the molecule is CC(=O)SCC1CC(=O)N(Cc2cnco2)C1. The maximum atomic E-state index is 11.7. The van der Waals surface area contributed by atoms with Gasteiger partial charge in [-0.2, -0.15) is 0 Å². The van der Waals surface area contributed by atoms with Crippen LogP contribution in [0.4, 0.5) is 0 Å². The van der Waals surface area contributed by atoms with Crippen molar-refractivity contribution in [2.75, 3.05) is 12.3 Å². The first-order chi connectivity index (χ1) is 8.15. The van der Waals surface area contributed by atoms with Crippen molar-refractivity contribution in [1.82, 2.24) is 9.88 Å². The summed E-state index contributed by atoms with van der Waals surface area (Å²) in [5.41, 5.74) is 0. The molecule has 0 N–H and O–H groups in total. The lowest BCUT2D eigenvalue weighted by Crippen LogP contribution is -2.24. The minimum absolute atomic E-state index is 0.103. The van der Waals surface area contributed by atoms with Gasteiger partial charge in [0.05, 0.1) is 12.7 Å². The van der Waals surface area contributed by atoms with E-state index in [0.717, 1.165) is 0 Å². The summed E-state index contributed by atoms with van der Waals surface area (Å²) in [7, 11) is 0. The van der Waals surface area contributed by atoms with Gasteiger partial charge in [-0.05, 0) is 5.92 Å². The van der Waals surface area contributed by atoms with E-state index in [1.807, 2.05) is 0 Å². The van der Waals surface area contributed by atoms with Gasteiger partial charge in [0.1, 0.15) is 5.76 Å².